The van der Waals surface area contributed by atoms with Gasteiger partial charge in [-0.05, 0) is 18.9 Å². The van der Waals surface area contributed by atoms with Crippen LogP contribution in [0.1, 0.15) is 51.0 Å². The van der Waals surface area contributed by atoms with Crippen molar-refractivity contribution in [1.29, 1.82) is 0 Å². The van der Waals surface area contributed by atoms with Gasteiger partial charge in [-0.3, -0.25) is 0 Å². The van der Waals surface area contributed by atoms with Gasteiger partial charge in [-0.25, -0.2) is 28.1 Å². The molecular formula is C17H16F5NO6. The number of methoxy groups -OCH3 is 2. The molecule has 12 heteroatoms. The molecule has 0 aliphatic carbocycles. The highest BCUT2D eigenvalue weighted by molar-refractivity contribution is 5.99. The molecule has 1 heterocycles. The van der Waals surface area contributed by atoms with Gasteiger partial charge in [-0.15, -0.1) is 0 Å². The van der Waals surface area contributed by atoms with Crippen LogP contribution in [0.3, 0.4) is 0 Å². The number of halogens is 5. The van der Waals surface area contributed by atoms with Crippen LogP contribution in [0.15, 0.2) is 12.2 Å². The SMILES string of the molecule is CCOC(=O)/C=C\Cc1c(C(=O)OC)c(C(F)F)nc(C(F)(F)F)c1C(=O)OC. The lowest BCUT2D eigenvalue weighted by atomic mass is 9.94. The van der Waals surface area contributed by atoms with E-state index in [1.807, 2.05) is 0 Å². The summed E-state index contributed by atoms with van der Waals surface area (Å²) in [5.41, 5.74) is -6.51. The van der Waals surface area contributed by atoms with E-state index in [0.29, 0.717) is 0 Å². The van der Waals surface area contributed by atoms with Crippen LogP contribution >= 0.6 is 0 Å². The number of esters is 3. The van der Waals surface area contributed by atoms with Crippen LogP contribution in [0.25, 0.3) is 0 Å². The molecule has 0 atom stereocenters. The van der Waals surface area contributed by atoms with Crippen molar-refractivity contribution in [1.82, 2.24) is 4.98 Å². The van der Waals surface area contributed by atoms with Crippen molar-refractivity contribution in [3.8, 4) is 0 Å². The minimum absolute atomic E-state index is 0.00695. The van der Waals surface area contributed by atoms with Gasteiger partial charge < -0.3 is 14.2 Å². The zero-order valence-corrected chi connectivity index (χ0v) is 15.4. The Balaban J connectivity index is 3.88. The van der Waals surface area contributed by atoms with Crippen LogP contribution in [0.5, 0.6) is 0 Å². The Morgan fingerprint density at radius 1 is 1.07 bits per heavy atom. The molecule has 0 aliphatic heterocycles. The van der Waals surface area contributed by atoms with Gasteiger partial charge in [0.1, 0.15) is 5.69 Å². The number of nitrogens with zero attached hydrogens (tertiary/aromatic N) is 1. The van der Waals surface area contributed by atoms with E-state index < -0.39 is 65.0 Å². The van der Waals surface area contributed by atoms with E-state index in [1.165, 1.54) is 6.92 Å². The number of pyridine rings is 1. The summed E-state index contributed by atoms with van der Waals surface area (Å²) in [5, 5.41) is 0. The smallest absolute Gasteiger partial charge is 0.434 e. The first-order valence-electron chi connectivity index (χ1n) is 7.91. The van der Waals surface area contributed by atoms with E-state index >= 15 is 0 Å². The summed E-state index contributed by atoms with van der Waals surface area (Å²) in [7, 11) is 1.57. The lowest BCUT2D eigenvalue weighted by molar-refractivity contribution is -0.142. The number of ether oxygens (including phenoxy) is 3. The first-order valence-corrected chi connectivity index (χ1v) is 7.91. The molecule has 160 valence electrons. The molecule has 1 aromatic heterocycles. The molecular weight excluding hydrogens is 409 g/mol. The van der Waals surface area contributed by atoms with E-state index in [4.69, 9.17) is 0 Å². The maximum Gasteiger partial charge on any atom is 0.434 e. The number of hydrogen-bond donors (Lipinski definition) is 0. The summed E-state index contributed by atoms with van der Waals surface area (Å²) < 4.78 is 80.3. The summed E-state index contributed by atoms with van der Waals surface area (Å²) in [5.74, 6) is -3.87. The molecule has 0 aromatic carbocycles. The second kappa shape index (κ2) is 9.94. The average Bonchev–Trinajstić information content (AvgIpc) is 2.65. The number of aromatic nitrogens is 1. The lowest BCUT2D eigenvalue weighted by Gasteiger charge is -2.19. The van der Waals surface area contributed by atoms with Crippen molar-refractivity contribution >= 4 is 17.9 Å². The number of hydrogen-bond acceptors (Lipinski definition) is 7. The van der Waals surface area contributed by atoms with Crippen LogP contribution in [-0.2, 0) is 31.6 Å². The third-order valence-corrected chi connectivity index (χ3v) is 3.45. The van der Waals surface area contributed by atoms with Gasteiger partial charge in [0.05, 0.1) is 32.0 Å². The van der Waals surface area contributed by atoms with Gasteiger partial charge in [0.2, 0.25) is 0 Å². The summed E-state index contributed by atoms with van der Waals surface area (Å²) in [6.45, 7) is 1.51. The number of rotatable bonds is 7. The van der Waals surface area contributed by atoms with Crippen molar-refractivity contribution in [2.24, 2.45) is 0 Å². The van der Waals surface area contributed by atoms with Gasteiger partial charge in [0.25, 0.3) is 6.43 Å². The molecule has 0 fully saturated rings. The van der Waals surface area contributed by atoms with Crippen molar-refractivity contribution in [3.05, 3.63) is 40.2 Å². The molecule has 0 saturated heterocycles. The molecule has 0 aliphatic rings. The van der Waals surface area contributed by atoms with Gasteiger partial charge >= 0.3 is 24.1 Å². The fourth-order valence-electron chi connectivity index (χ4n) is 2.34. The van der Waals surface area contributed by atoms with Gasteiger partial charge in [-0.1, -0.05) is 6.08 Å². The van der Waals surface area contributed by atoms with Gasteiger partial charge in [0, 0.05) is 6.08 Å². The second-order valence-corrected chi connectivity index (χ2v) is 5.21. The van der Waals surface area contributed by atoms with E-state index in [9.17, 15) is 36.3 Å². The Labute approximate surface area is 161 Å². The highest BCUT2D eigenvalue weighted by Crippen LogP contribution is 2.37. The molecule has 0 bridgehead atoms. The first-order chi connectivity index (χ1) is 13.5. The molecule has 0 unspecified atom stereocenters. The van der Waals surface area contributed by atoms with E-state index in [1.54, 1.807) is 0 Å². The quantitative estimate of drug-likeness (QED) is 0.287. The Morgan fingerprint density at radius 3 is 2.07 bits per heavy atom. The van der Waals surface area contributed by atoms with E-state index in [2.05, 4.69) is 19.2 Å². The maximum absolute atomic E-state index is 13.4. The Bertz CT molecular complexity index is 820. The topological polar surface area (TPSA) is 91.8 Å². The fraction of sp³-hybridized carbons (Fsp3) is 0.412. The normalized spacial score (nSPS) is 11.6. The van der Waals surface area contributed by atoms with Gasteiger partial charge in [0.15, 0.2) is 5.69 Å². The van der Waals surface area contributed by atoms with Crippen LogP contribution < -0.4 is 0 Å². The Hall–Kier alpha value is -3.05. The predicted molar refractivity (Wildman–Crippen MR) is 86.4 cm³/mol. The summed E-state index contributed by atoms with van der Waals surface area (Å²) in [6, 6.07) is 0. The second-order valence-electron chi connectivity index (χ2n) is 5.21. The highest BCUT2D eigenvalue weighted by Gasteiger charge is 2.42. The summed E-state index contributed by atoms with van der Waals surface area (Å²) in [6.07, 6.45) is -7.85. The average molecular weight is 425 g/mol. The molecule has 0 amide bonds. The van der Waals surface area contributed by atoms with Crippen molar-refractivity contribution in [2.75, 3.05) is 20.8 Å². The zero-order valence-electron chi connectivity index (χ0n) is 15.4. The molecule has 1 rings (SSSR count). The fourth-order valence-corrected chi connectivity index (χ4v) is 2.34. The molecule has 1 aromatic rings. The van der Waals surface area contributed by atoms with Crippen molar-refractivity contribution in [3.63, 3.8) is 0 Å². The summed E-state index contributed by atoms with van der Waals surface area (Å²) >= 11 is 0. The number of carbonyl (C=O) groups excluding carboxylic acids is 3. The monoisotopic (exact) mass is 425 g/mol. The largest absolute Gasteiger partial charge is 0.465 e. The molecule has 7 nitrogen and oxygen atoms in total. The number of alkyl halides is 5. The van der Waals surface area contributed by atoms with Crippen molar-refractivity contribution < 1.29 is 50.5 Å². The minimum atomic E-state index is -5.32. The van der Waals surface area contributed by atoms with Crippen LogP contribution in [0.2, 0.25) is 0 Å². The van der Waals surface area contributed by atoms with Crippen LogP contribution in [-0.4, -0.2) is 43.7 Å². The number of allylic oxidation sites excluding steroid dienone is 1. The predicted octanol–water partition coefficient (Wildman–Crippen LogP) is 3.27. The standard InChI is InChI=1S/C17H16F5NO6/c1-4-29-9(24)7-5-6-8-10(15(25)27-2)12(14(18)19)23-13(17(20,21)22)11(8)16(26)28-3/h5,7,14H,4,6H2,1-3H3/b7-5-. The van der Waals surface area contributed by atoms with E-state index in [0.717, 1.165) is 26.4 Å². The Morgan fingerprint density at radius 2 is 1.62 bits per heavy atom. The highest BCUT2D eigenvalue weighted by atomic mass is 19.4. The maximum atomic E-state index is 13.4. The molecule has 0 N–H and O–H groups in total. The van der Waals surface area contributed by atoms with Gasteiger partial charge in [-0.2, -0.15) is 13.2 Å². The first kappa shape index (κ1) is 24.0. The summed E-state index contributed by atoms with van der Waals surface area (Å²) in [4.78, 5) is 38.3. The lowest BCUT2D eigenvalue weighted by Crippen LogP contribution is -2.24. The molecule has 0 radical (unpaired) electrons. The zero-order chi connectivity index (χ0) is 22.4. The molecule has 0 spiro atoms. The molecule has 0 saturated carbocycles. The third kappa shape index (κ3) is 5.72. The third-order valence-electron chi connectivity index (χ3n) is 3.45. The van der Waals surface area contributed by atoms with Crippen LogP contribution in [0, 0.1) is 0 Å². The van der Waals surface area contributed by atoms with Crippen molar-refractivity contribution in [2.45, 2.75) is 25.9 Å². The number of carbonyl (C=O) groups is 3. The minimum Gasteiger partial charge on any atom is -0.465 e. The molecule has 29 heavy (non-hydrogen) atoms. The Kier molecular flexibility index (Phi) is 8.22. The van der Waals surface area contributed by atoms with Crippen LogP contribution in [0.4, 0.5) is 22.0 Å². The van der Waals surface area contributed by atoms with E-state index in [-0.39, 0.29) is 6.61 Å².